The highest BCUT2D eigenvalue weighted by Gasteiger charge is 2.28. The first-order chi connectivity index (χ1) is 11.1. The molecule has 1 unspecified atom stereocenters. The van der Waals surface area contributed by atoms with Crippen LogP contribution in [0.5, 0.6) is 0 Å². The van der Waals surface area contributed by atoms with Crippen LogP contribution in [-0.2, 0) is 0 Å². The largest absolute Gasteiger partial charge is 0.336 e. The van der Waals surface area contributed by atoms with Gasteiger partial charge in [0, 0.05) is 50.9 Å². The Morgan fingerprint density at radius 2 is 1.78 bits per heavy atom. The molecule has 0 saturated carbocycles. The molecule has 1 aromatic rings. The van der Waals surface area contributed by atoms with Gasteiger partial charge in [-0.05, 0) is 44.9 Å². The summed E-state index contributed by atoms with van der Waals surface area (Å²) in [5, 5.41) is 0. The molecule has 4 nitrogen and oxygen atoms in total. The Hall–Kier alpha value is -1.39. The quantitative estimate of drug-likeness (QED) is 0.852. The SMILES string of the molecule is CC(C)N1CCC(CN2CCN(C(=O)c3ccccc3)CC2)C1. The van der Waals surface area contributed by atoms with Crippen molar-refractivity contribution in [2.24, 2.45) is 5.92 Å². The molecule has 2 fully saturated rings. The highest BCUT2D eigenvalue weighted by atomic mass is 16.2. The van der Waals surface area contributed by atoms with Crippen molar-refractivity contribution in [1.29, 1.82) is 0 Å². The monoisotopic (exact) mass is 315 g/mol. The first kappa shape index (κ1) is 16.5. The molecular formula is C19H29N3O. The Kier molecular flexibility index (Phi) is 5.34. The topological polar surface area (TPSA) is 26.8 Å². The average molecular weight is 315 g/mol. The number of piperazine rings is 1. The predicted molar refractivity (Wildman–Crippen MR) is 93.6 cm³/mol. The van der Waals surface area contributed by atoms with Gasteiger partial charge < -0.3 is 9.80 Å². The first-order valence-corrected chi connectivity index (χ1v) is 8.94. The van der Waals surface area contributed by atoms with E-state index in [4.69, 9.17) is 0 Å². The third-order valence-electron chi connectivity index (χ3n) is 5.24. The molecule has 1 amide bonds. The Morgan fingerprint density at radius 3 is 2.39 bits per heavy atom. The minimum absolute atomic E-state index is 0.178. The van der Waals surface area contributed by atoms with Gasteiger partial charge in [0.2, 0.25) is 0 Å². The maximum absolute atomic E-state index is 12.5. The standard InChI is InChI=1S/C19H29N3O/c1-16(2)22-9-8-17(15-22)14-20-10-12-21(13-11-20)19(23)18-6-4-3-5-7-18/h3-7,16-17H,8-15H2,1-2H3. The van der Waals surface area contributed by atoms with Gasteiger partial charge in [0.15, 0.2) is 0 Å². The summed E-state index contributed by atoms with van der Waals surface area (Å²) in [6.07, 6.45) is 1.32. The van der Waals surface area contributed by atoms with Crippen molar-refractivity contribution >= 4 is 5.91 Å². The number of likely N-dealkylation sites (tertiary alicyclic amines) is 1. The molecule has 0 aliphatic carbocycles. The second kappa shape index (κ2) is 7.45. The van der Waals surface area contributed by atoms with Crippen LogP contribution in [-0.4, -0.2) is 72.5 Å². The molecule has 0 bridgehead atoms. The van der Waals surface area contributed by atoms with Crippen LogP contribution in [0.4, 0.5) is 0 Å². The van der Waals surface area contributed by atoms with E-state index in [9.17, 15) is 4.79 Å². The number of amides is 1. The number of rotatable bonds is 4. The highest BCUT2D eigenvalue weighted by Crippen LogP contribution is 2.20. The molecule has 4 heteroatoms. The van der Waals surface area contributed by atoms with E-state index in [1.807, 2.05) is 35.2 Å². The Morgan fingerprint density at radius 1 is 1.09 bits per heavy atom. The Balaban J connectivity index is 1.45. The molecule has 0 aromatic heterocycles. The number of benzene rings is 1. The zero-order valence-corrected chi connectivity index (χ0v) is 14.4. The number of carbonyl (C=O) groups is 1. The fourth-order valence-corrected chi connectivity index (χ4v) is 3.74. The number of nitrogens with zero attached hydrogens (tertiary/aromatic N) is 3. The molecule has 23 heavy (non-hydrogen) atoms. The fraction of sp³-hybridized carbons (Fsp3) is 0.632. The van der Waals surface area contributed by atoms with Crippen molar-refractivity contribution in [2.75, 3.05) is 45.8 Å². The Bertz CT molecular complexity index is 509. The predicted octanol–water partition coefficient (Wildman–Crippen LogP) is 2.17. The van der Waals surface area contributed by atoms with Crippen LogP contribution in [0, 0.1) is 5.92 Å². The maximum atomic E-state index is 12.5. The lowest BCUT2D eigenvalue weighted by Crippen LogP contribution is -2.50. The lowest BCUT2D eigenvalue weighted by atomic mass is 10.1. The number of carbonyl (C=O) groups excluding carboxylic acids is 1. The average Bonchev–Trinajstić information content (AvgIpc) is 3.04. The molecule has 1 atom stereocenters. The minimum atomic E-state index is 0.178. The van der Waals surface area contributed by atoms with Crippen LogP contribution in [0.25, 0.3) is 0 Å². The summed E-state index contributed by atoms with van der Waals surface area (Å²) in [7, 11) is 0. The first-order valence-electron chi connectivity index (χ1n) is 8.94. The summed E-state index contributed by atoms with van der Waals surface area (Å²) in [6.45, 7) is 12.0. The second-order valence-electron chi connectivity index (χ2n) is 7.20. The molecule has 0 N–H and O–H groups in total. The van der Waals surface area contributed by atoms with Crippen molar-refractivity contribution in [3.05, 3.63) is 35.9 Å². The third-order valence-corrected chi connectivity index (χ3v) is 5.24. The minimum Gasteiger partial charge on any atom is -0.336 e. The highest BCUT2D eigenvalue weighted by molar-refractivity contribution is 5.94. The zero-order chi connectivity index (χ0) is 16.2. The second-order valence-corrected chi connectivity index (χ2v) is 7.20. The summed E-state index contributed by atoms with van der Waals surface area (Å²) in [6, 6.07) is 10.3. The van der Waals surface area contributed by atoms with Crippen LogP contribution in [0.15, 0.2) is 30.3 Å². The van der Waals surface area contributed by atoms with Crippen LogP contribution < -0.4 is 0 Å². The van der Waals surface area contributed by atoms with Crippen molar-refractivity contribution in [2.45, 2.75) is 26.3 Å². The molecule has 0 radical (unpaired) electrons. The van der Waals surface area contributed by atoms with Gasteiger partial charge in [-0.15, -0.1) is 0 Å². The van der Waals surface area contributed by atoms with Crippen LogP contribution in [0.3, 0.4) is 0 Å². The molecule has 2 heterocycles. The number of hydrogen-bond acceptors (Lipinski definition) is 3. The van der Waals surface area contributed by atoms with Crippen molar-refractivity contribution in [1.82, 2.24) is 14.7 Å². The van der Waals surface area contributed by atoms with Gasteiger partial charge in [-0.3, -0.25) is 9.69 Å². The molecule has 2 saturated heterocycles. The summed E-state index contributed by atoms with van der Waals surface area (Å²) in [5.74, 6) is 0.978. The van der Waals surface area contributed by atoms with E-state index < -0.39 is 0 Å². The smallest absolute Gasteiger partial charge is 0.253 e. The fourth-order valence-electron chi connectivity index (χ4n) is 3.74. The molecule has 0 spiro atoms. The molecule has 3 rings (SSSR count). The zero-order valence-electron chi connectivity index (χ0n) is 14.4. The van der Waals surface area contributed by atoms with E-state index in [1.54, 1.807) is 0 Å². The molecular weight excluding hydrogens is 286 g/mol. The van der Waals surface area contributed by atoms with Crippen LogP contribution in [0.2, 0.25) is 0 Å². The molecule has 126 valence electrons. The van der Waals surface area contributed by atoms with Gasteiger partial charge in [-0.2, -0.15) is 0 Å². The van der Waals surface area contributed by atoms with E-state index in [1.165, 1.54) is 26.1 Å². The van der Waals surface area contributed by atoms with E-state index in [2.05, 4.69) is 23.6 Å². The van der Waals surface area contributed by atoms with Gasteiger partial charge in [0.25, 0.3) is 5.91 Å². The summed E-state index contributed by atoms with van der Waals surface area (Å²) in [5.41, 5.74) is 0.810. The van der Waals surface area contributed by atoms with Crippen LogP contribution >= 0.6 is 0 Å². The maximum Gasteiger partial charge on any atom is 0.253 e. The van der Waals surface area contributed by atoms with Gasteiger partial charge in [0.05, 0.1) is 0 Å². The van der Waals surface area contributed by atoms with Crippen LogP contribution in [0.1, 0.15) is 30.6 Å². The summed E-state index contributed by atoms with van der Waals surface area (Å²) >= 11 is 0. The molecule has 2 aliphatic heterocycles. The lowest BCUT2D eigenvalue weighted by molar-refractivity contribution is 0.0617. The van der Waals surface area contributed by atoms with E-state index in [-0.39, 0.29) is 5.91 Å². The molecule has 2 aliphatic rings. The van der Waals surface area contributed by atoms with E-state index in [0.29, 0.717) is 6.04 Å². The summed E-state index contributed by atoms with van der Waals surface area (Å²) in [4.78, 5) is 19.6. The normalized spacial score (nSPS) is 23.6. The lowest BCUT2D eigenvalue weighted by Gasteiger charge is -2.36. The van der Waals surface area contributed by atoms with Gasteiger partial charge >= 0.3 is 0 Å². The third kappa shape index (κ3) is 4.12. The van der Waals surface area contributed by atoms with Crippen molar-refractivity contribution in [3.8, 4) is 0 Å². The van der Waals surface area contributed by atoms with Gasteiger partial charge in [-0.25, -0.2) is 0 Å². The van der Waals surface area contributed by atoms with Gasteiger partial charge in [0.1, 0.15) is 0 Å². The summed E-state index contributed by atoms with van der Waals surface area (Å²) < 4.78 is 0. The van der Waals surface area contributed by atoms with Crippen molar-refractivity contribution < 1.29 is 4.79 Å². The molecule has 1 aromatic carbocycles. The van der Waals surface area contributed by atoms with Crippen molar-refractivity contribution in [3.63, 3.8) is 0 Å². The number of hydrogen-bond donors (Lipinski definition) is 0. The van der Waals surface area contributed by atoms with E-state index >= 15 is 0 Å². The van der Waals surface area contributed by atoms with E-state index in [0.717, 1.165) is 37.7 Å². The Labute approximate surface area is 140 Å². The van der Waals surface area contributed by atoms with Gasteiger partial charge in [-0.1, -0.05) is 18.2 Å².